The summed E-state index contributed by atoms with van der Waals surface area (Å²) in [7, 11) is 0. The number of aromatic carboxylic acids is 1. The fourth-order valence-corrected chi connectivity index (χ4v) is 5.24. The normalized spacial score (nSPS) is 16.7. The van der Waals surface area contributed by atoms with Gasteiger partial charge in [0.2, 0.25) is 0 Å². The monoisotopic (exact) mass is 499 g/mol. The quantitative estimate of drug-likeness (QED) is 0.416. The molecule has 0 aliphatic carbocycles. The molecule has 0 saturated heterocycles. The van der Waals surface area contributed by atoms with Crippen LogP contribution in [0.2, 0.25) is 0 Å². The average Bonchev–Trinajstić information content (AvgIpc) is 3.17. The van der Waals surface area contributed by atoms with Gasteiger partial charge in [-0.25, -0.2) is 4.79 Å². The summed E-state index contributed by atoms with van der Waals surface area (Å²) in [6.07, 6.45) is 1.50. The van der Waals surface area contributed by atoms with E-state index in [9.17, 15) is 9.90 Å². The molecule has 0 unspecified atom stereocenters. The summed E-state index contributed by atoms with van der Waals surface area (Å²) in [6, 6.07) is 17.0. The van der Waals surface area contributed by atoms with Crippen molar-refractivity contribution in [1.29, 1.82) is 0 Å². The van der Waals surface area contributed by atoms with Gasteiger partial charge in [-0.1, -0.05) is 36.4 Å². The largest absolute Gasteiger partial charge is 0.490 e. The molecule has 0 radical (unpaired) electrons. The second-order valence-corrected chi connectivity index (χ2v) is 10.9. The van der Waals surface area contributed by atoms with Gasteiger partial charge >= 0.3 is 5.97 Å². The van der Waals surface area contributed by atoms with Gasteiger partial charge in [-0.2, -0.15) is 0 Å². The minimum absolute atomic E-state index is 0.122. The maximum atomic E-state index is 12.0. The van der Waals surface area contributed by atoms with Crippen molar-refractivity contribution in [1.82, 2.24) is 0 Å². The number of carboxylic acids is 1. The Labute approximate surface area is 217 Å². The van der Waals surface area contributed by atoms with E-state index in [1.54, 1.807) is 12.1 Å². The number of nitrogens with zero attached hydrogens (tertiary/aromatic N) is 1. The number of carbonyl (C=O) groups is 1. The van der Waals surface area contributed by atoms with Crippen LogP contribution in [-0.2, 0) is 19.4 Å². The molecule has 2 heterocycles. The first kappa shape index (κ1) is 24.9. The van der Waals surface area contributed by atoms with Gasteiger partial charge in [0.1, 0.15) is 23.5 Å². The third-order valence-corrected chi connectivity index (χ3v) is 6.70. The van der Waals surface area contributed by atoms with Crippen LogP contribution in [0.5, 0.6) is 17.2 Å². The van der Waals surface area contributed by atoms with Gasteiger partial charge in [0.25, 0.3) is 0 Å². The van der Waals surface area contributed by atoms with Crippen molar-refractivity contribution in [2.45, 2.75) is 65.2 Å². The number of benzene rings is 3. The van der Waals surface area contributed by atoms with Crippen LogP contribution in [0, 0.1) is 0 Å². The lowest BCUT2D eigenvalue weighted by Crippen LogP contribution is -2.30. The van der Waals surface area contributed by atoms with E-state index in [0.717, 1.165) is 57.9 Å². The van der Waals surface area contributed by atoms with Gasteiger partial charge < -0.3 is 19.3 Å². The second kappa shape index (κ2) is 9.25. The lowest BCUT2D eigenvalue weighted by atomic mass is 9.81. The van der Waals surface area contributed by atoms with Gasteiger partial charge in [-0.15, -0.1) is 0 Å². The molecule has 0 amide bonds. The summed E-state index contributed by atoms with van der Waals surface area (Å²) < 4.78 is 18.4. The zero-order valence-corrected chi connectivity index (χ0v) is 22.1. The Morgan fingerprint density at radius 2 is 1.76 bits per heavy atom. The minimum Gasteiger partial charge on any atom is -0.490 e. The summed E-state index contributed by atoms with van der Waals surface area (Å²) in [4.78, 5) is 17.2. The second-order valence-electron chi connectivity index (χ2n) is 10.9. The fourth-order valence-electron chi connectivity index (χ4n) is 5.24. The van der Waals surface area contributed by atoms with Crippen molar-refractivity contribution in [2.75, 3.05) is 6.61 Å². The van der Waals surface area contributed by atoms with E-state index in [0.29, 0.717) is 12.4 Å². The van der Waals surface area contributed by atoms with Crippen LogP contribution < -0.4 is 14.2 Å². The van der Waals surface area contributed by atoms with E-state index < -0.39 is 5.97 Å². The Hall–Kier alpha value is -3.80. The molecule has 0 spiro atoms. The zero-order chi connectivity index (χ0) is 26.4. The summed E-state index contributed by atoms with van der Waals surface area (Å²) >= 11 is 0. The highest BCUT2D eigenvalue weighted by atomic mass is 16.5. The van der Waals surface area contributed by atoms with E-state index in [1.807, 2.05) is 43.3 Å². The van der Waals surface area contributed by atoms with Crippen LogP contribution in [0.1, 0.15) is 72.8 Å². The molecule has 3 aromatic carbocycles. The number of hydrogen-bond donors (Lipinski definition) is 1. The molecule has 0 aromatic heterocycles. The zero-order valence-electron chi connectivity index (χ0n) is 22.1. The van der Waals surface area contributed by atoms with Crippen molar-refractivity contribution in [3.05, 3.63) is 88.0 Å². The molecule has 0 fully saturated rings. The molecule has 1 N–H and O–H groups in total. The van der Waals surface area contributed by atoms with Gasteiger partial charge in [-0.3, -0.25) is 4.99 Å². The lowest BCUT2D eigenvalue weighted by molar-refractivity contribution is 0.0691. The fraction of sp³-hybridized carbons (Fsp3) is 0.355. The molecule has 2 aliphatic heterocycles. The standard InChI is InChI=1S/C31H33NO5/c1-6-35-25-15-21-16-30(2,3)32-27(26(21)23-17-31(4,5)37-28(23)25)20-12-13-22(29(33)34)24(14-20)36-18-19-10-8-7-9-11-19/h7-15H,6,16-18H2,1-5H3,(H,33,34). The van der Waals surface area contributed by atoms with Crippen molar-refractivity contribution < 1.29 is 24.1 Å². The average molecular weight is 500 g/mol. The predicted molar refractivity (Wildman–Crippen MR) is 144 cm³/mol. The highest BCUT2D eigenvalue weighted by Crippen LogP contribution is 2.48. The van der Waals surface area contributed by atoms with E-state index in [4.69, 9.17) is 19.2 Å². The van der Waals surface area contributed by atoms with Crippen LogP contribution in [0.25, 0.3) is 0 Å². The number of ether oxygens (including phenoxy) is 3. The molecule has 5 rings (SSSR count). The van der Waals surface area contributed by atoms with Crippen LogP contribution in [0.15, 0.2) is 59.6 Å². The number of rotatable bonds is 7. The highest BCUT2D eigenvalue weighted by Gasteiger charge is 2.40. The van der Waals surface area contributed by atoms with Crippen molar-refractivity contribution in [2.24, 2.45) is 4.99 Å². The van der Waals surface area contributed by atoms with Crippen LogP contribution in [0.3, 0.4) is 0 Å². The molecular weight excluding hydrogens is 466 g/mol. The smallest absolute Gasteiger partial charge is 0.339 e. The Morgan fingerprint density at radius 1 is 1.00 bits per heavy atom. The first-order valence-electron chi connectivity index (χ1n) is 12.7. The van der Waals surface area contributed by atoms with Crippen LogP contribution in [0.4, 0.5) is 0 Å². The summed E-state index contributed by atoms with van der Waals surface area (Å²) in [5.74, 6) is 0.840. The number of aliphatic imine (C=N–C) groups is 1. The van der Waals surface area contributed by atoms with E-state index >= 15 is 0 Å². The summed E-state index contributed by atoms with van der Waals surface area (Å²) in [5, 5.41) is 9.83. The highest BCUT2D eigenvalue weighted by molar-refractivity contribution is 6.16. The molecule has 192 valence electrons. The molecule has 3 aromatic rings. The summed E-state index contributed by atoms with van der Waals surface area (Å²) in [5.41, 5.74) is 5.33. The van der Waals surface area contributed by atoms with Gasteiger partial charge in [0.05, 0.1) is 17.9 Å². The maximum absolute atomic E-state index is 12.0. The van der Waals surface area contributed by atoms with Gasteiger partial charge in [-0.05, 0) is 70.4 Å². The molecule has 6 nitrogen and oxygen atoms in total. The molecule has 37 heavy (non-hydrogen) atoms. The topological polar surface area (TPSA) is 77.4 Å². The first-order valence-corrected chi connectivity index (χ1v) is 12.7. The van der Waals surface area contributed by atoms with Gasteiger partial charge in [0.15, 0.2) is 11.5 Å². The predicted octanol–water partition coefficient (Wildman–Crippen LogP) is 6.25. The third kappa shape index (κ3) is 4.93. The SMILES string of the molecule is CCOc1cc2c(c3c1OC(C)(C)C3)C(c1ccc(C(=O)O)c(OCc3ccccc3)c1)=NC(C)(C)C2. The van der Waals surface area contributed by atoms with E-state index in [-0.39, 0.29) is 23.3 Å². The van der Waals surface area contributed by atoms with Gasteiger partial charge in [0, 0.05) is 23.1 Å². The van der Waals surface area contributed by atoms with Crippen molar-refractivity contribution >= 4 is 11.7 Å². The molecule has 6 heteroatoms. The third-order valence-electron chi connectivity index (χ3n) is 6.70. The lowest BCUT2D eigenvalue weighted by Gasteiger charge is -2.31. The molecular formula is C31H33NO5. The van der Waals surface area contributed by atoms with Crippen LogP contribution >= 0.6 is 0 Å². The number of fused-ring (bicyclic) bond motifs is 3. The first-order chi connectivity index (χ1) is 17.6. The van der Waals surface area contributed by atoms with E-state index in [1.165, 1.54) is 0 Å². The summed E-state index contributed by atoms with van der Waals surface area (Å²) in [6.45, 7) is 11.2. The molecule has 0 atom stereocenters. The Bertz CT molecular complexity index is 1390. The number of hydrogen-bond acceptors (Lipinski definition) is 5. The maximum Gasteiger partial charge on any atom is 0.339 e. The Kier molecular flexibility index (Phi) is 6.22. The number of carboxylic acid groups (broad SMARTS) is 1. The van der Waals surface area contributed by atoms with Crippen molar-refractivity contribution in [3.8, 4) is 17.2 Å². The minimum atomic E-state index is -1.03. The molecule has 2 aliphatic rings. The Morgan fingerprint density at radius 3 is 2.46 bits per heavy atom. The molecule has 0 bridgehead atoms. The van der Waals surface area contributed by atoms with Crippen molar-refractivity contribution in [3.63, 3.8) is 0 Å². The van der Waals surface area contributed by atoms with Crippen LogP contribution in [-0.4, -0.2) is 34.5 Å². The molecule has 0 saturated carbocycles. The Balaban J connectivity index is 1.63. The van der Waals surface area contributed by atoms with E-state index in [2.05, 4.69) is 33.8 Å².